The van der Waals surface area contributed by atoms with Crippen molar-refractivity contribution < 1.29 is 19.4 Å². The van der Waals surface area contributed by atoms with Crippen molar-refractivity contribution in [3.63, 3.8) is 0 Å². The first kappa shape index (κ1) is 20.2. The molecular weight excluding hydrogens is 316 g/mol. The van der Waals surface area contributed by atoms with Gasteiger partial charge in [-0.3, -0.25) is 9.59 Å². The Morgan fingerprint density at radius 3 is 2.56 bits per heavy atom. The molecule has 0 bridgehead atoms. The molecule has 0 aromatic carbocycles. The molecule has 0 amide bonds. The fourth-order valence-electron chi connectivity index (χ4n) is 5.26. The predicted molar refractivity (Wildman–Crippen MR) is 98.0 cm³/mol. The van der Waals surface area contributed by atoms with Crippen molar-refractivity contribution in [3.05, 3.63) is 11.1 Å². The van der Waals surface area contributed by atoms with Crippen LogP contribution in [-0.2, 0) is 14.3 Å². The molecule has 25 heavy (non-hydrogen) atoms. The zero-order chi connectivity index (χ0) is 19.0. The second kappa shape index (κ2) is 6.86. The van der Waals surface area contributed by atoms with Gasteiger partial charge < -0.3 is 9.84 Å². The number of rotatable bonds is 5. The first-order chi connectivity index (χ1) is 11.4. The van der Waals surface area contributed by atoms with Crippen LogP contribution < -0.4 is 0 Å². The quantitative estimate of drug-likeness (QED) is 0.755. The Hall–Kier alpha value is -1.16. The highest BCUT2D eigenvalue weighted by atomic mass is 16.5. The minimum Gasteiger partial charge on any atom is -0.469 e. The van der Waals surface area contributed by atoms with Gasteiger partial charge >= 0.3 is 5.97 Å². The lowest BCUT2D eigenvalue weighted by Gasteiger charge is -2.54. The van der Waals surface area contributed by atoms with Gasteiger partial charge in [-0.25, -0.2) is 0 Å². The Kier molecular flexibility index (Phi) is 5.53. The molecule has 0 aliphatic heterocycles. The summed E-state index contributed by atoms with van der Waals surface area (Å²) in [6.45, 7) is 10.5. The van der Waals surface area contributed by atoms with E-state index >= 15 is 0 Å². The SMILES string of the molecule is COC(=O)CC(C)(O)CCC1=C(C)C(=O)CC2C(C)(C)CCCC12C. The fraction of sp³-hybridized carbons (Fsp3) is 0.810. The van der Waals surface area contributed by atoms with Gasteiger partial charge in [0.15, 0.2) is 5.78 Å². The molecule has 2 aliphatic carbocycles. The summed E-state index contributed by atoms with van der Waals surface area (Å²) in [7, 11) is 1.33. The van der Waals surface area contributed by atoms with Gasteiger partial charge in [-0.05, 0) is 61.9 Å². The molecule has 3 atom stereocenters. The number of allylic oxidation sites excluding steroid dienone is 2. The molecule has 1 saturated carbocycles. The molecule has 3 unspecified atom stereocenters. The Balaban J connectivity index is 2.26. The molecular formula is C21H34O4. The Bertz CT molecular complexity index is 585. The smallest absolute Gasteiger partial charge is 0.308 e. The molecule has 1 fully saturated rings. The zero-order valence-electron chi connectivity index (χ0n) is 16.7. The Morgan fingerprint density at radius 1 is 1.32 bits per heavy atom. The lowest BCUT2D eigenvalue weighted by molar-refractivity contribution is -0.145. The number of methoxy groups -OCH3 is 1. The van der Waals surface area contributed by atoms with Crippen LogP contribution in [0.3, 0.4) is 0 Å². The highest BCUT2D eigenvalue weighted by molar-refractivity contribution is 5.97. The van der Waals surface area contributed by atoms with Crippen molar-refractivity contribution >= 4 is 11.8 Å². The lowest BCUT2D eigenvalue weighted by atomic mass is 9.49. The molecule has 142 valence electrons. The summed E-state index contributed by atoms with van der Waals surface area (Å²) in [5.74, 6) is 0.198. The summed E-state index contributed by atoms with van der Waals surface area (Å²) in [5.41, 5.74) is 1.14. The molecule has 1 N–H and O–H groups in total. The Labute approximate surface area is 152 Å². The van der Waals surface area contributed by atoms with Gasteiger partial charge in [0.2, 0.25) is 0 Å². The predicted octanol–water partition coefficient (Wildman–Crippen LogP) is 4.20. The topological polar surface area (TPSA) is 63.6 Å². The first-order valence-electron chi connectivity index (χ1n) is 9.45. The molecule has 2 aliphatic rings. The molecule has 4 heteroatoms. The van der Waals surface area contributed by atoms with Crippen LogP contribution >= 0.6 is 0 Å². The number of ketones is 1. The van der Waals surface area contributed by atoms with Crippen LogP contribution in [-0.4, -0.2) is 29.6 Å². The van der Waals surface area contributed by atoms with E-state index < -0.39 is 11.6 Å². The lowest BCUT2D eigenvalue weighted by Crippen LogP contribution is -2.47. The van der Waals surface area contributed by atoms with E-state index in [4.69, 9.17) is 0 Å². The van der Waals surface area contributed by atoms with E-state index in [1.54, 1.807) is 6.92 Å². The number of fused-ring (bicyclic) bond motifs is 1. The number of hydrogen-bond donors (Lipinski definition) is 1. The highest BCUT2D eigenvalue weighted by Gasteiger charge is 2.52. The molecule has 0 aromatic rings. The van der Waals surface area contributed by atoms with Gasteiger partial charge in [0, 0.05) is 6.42 Å². The molecule has 0 heterocycles. The number of carbonyl (C=O) groups is 2. The molecule has 0 radical (unpaired) electrons. The fourth-order valence-corrected chi connectivity index (χ4v) is 5.26. The van der Waals surface area contributed by atoms with Crippen molar-refractivity contribution in [2.24, 2.45) is 16.7 Å². The van der Waals surface area contributed by atoms with Crippen molar-refractivity contribution in [3.8, 4) is 0 Å². The van der Waals surface area contributed by atoms with E-state index in [1.165, 1.54) is 19.1 Å². The van der Waals surface area contributed by atoms with Gasteiger partial charge in [-0.15, -0.1) is 0 Å². The van der Waals surface area contributed by atoms with E-state index in [-0.39, 0.29) is 23.0 Å². The first-order valence-corrected chi connectivity index (χ1v) is 9.45. The monoisotopic (exact) mass is 350 g/mol. The van der Waals surface area contributed by atoms with Crippen LogP contribution in [0.4, 0.5) is 0 Å². The van der Waals surface area contributed by atoms with E-state index in [9.17, 15) is 14.7 Å². The summed E-state index contributed by atoms with van der Waals surface area (Å²) in [6.07, 6.45) is 5.17. The number of esters is 1. The standard InChI is InChI=1S/C21H34O4/c1-14-15(8-11-20(4,24)13-18(23)25-6)21(5)10-7-9-19(2,3)17(21)12-16(14)22/h17,24H,7-13H2,1-6H3. The Morgan fingerprint density at radius 2 is 1.96 bits per heavy atom. The van der Waals surface area contributed by atoms with E-state index in [1.807, 2.05) is 6.92 Å². The van der Waals surface area contributed by atoms with Crippen LogP contribution in [0.2, 0.25) is 0 Å². The molecule has 0 aromatic heterocycles. The molecule has 0 saturated heterocycles. The maximum atomic E-state index is 12.6. The second-order valence-electron chi connectivity index (χ2n) is 9.29. The van der Waals surface area contributed by atoms with Gasteiger partial charge in [-0.2, -0.15) is 0 Å². The maximum Gasteiger partial charge on any atom is 0.308 e. The second-order valence-corrected chi connectivity index (χ2v) is 9.29. The molecule has 4 nitrogen and oxygen atoms in total. The molecule has 2 rings (SSSR count). The summed E-state index contributed by atoms with van der Waals surface area (Å²) in [6, 6.07) is 0. The maximum absolute atomic E-state index is 12.6. The minimum atomic E-state index is -1.11. The minimum absolute atomic E-state index is 0.0150. The van der Waals surface area contributed by atoms with Crippen LogP contribution in [0.1, 0.15) is 79.6 Å². The van der Waals surface area contributed by atoms with E-state index in [2.05, 4.69) is 25.5 Å². The third-order valence-corrected chi connectivity index (χ3v) is 6.85. The van der Waals surface area contributed by atoms with Gasteiger partial charge in [-0.1, -0.05) is 32.8 Å². The van der Waals surface area contributed by atoms with Crippen LogP contribution in [0.5, 0.6) is 0 Å². The third kappa shape index (κ3) is 3.99. The third-order valence-electron chi connectivity index (χ3n) is 6.85. The summed E-state index contributed by atoms with van der Waals surface area (Å²) in [5, 5.41) is 10.6. The normalized spacial score (nSPS) is 31.3. The van der Waals surface area contributed by atoms with Crippen molar-refractivity contribution in [1.29, 1.82) is 0 Å². The largest absolute Gasteiger partial charge is 0.469 e. The average molecular weight is 350 g/mol. The van der Waals surface area contributed by atoms with E-state index in [0.29, 0.717) is 25.2 Å². The van der Waals surface area contributed by atoms with Crippen molar-refractivity contribution in [1.82, 2.24) is 0 Å². The summed E-state index contributed by atoms with van der Waals surface area (Å²) in [4.78, 5) is 24.2. The van der Waals surface area contributed by atoms with Crippen LogP contribution in [0.15, 0.2) is 11.1 Å². The molecule has 0 spiro atoms. The van der Waals surface area contributed by atoms with Crippen molar-refractivity contribution in [2.45, 2.75) is 85.2 Å². The number of ether oxygens (including phenoxy) is 1. The highest BCUT2D eigenvalue weighted by Crippen LogP contribution is 2.59. The summed E-state index contributed by atoms with van der Waals surface area (Å²) >= 11 is 0. The number of carbonyl (C=O) groups excluding carboxylic acids is 2. The van der Waals surface area contributed by atoms with Gasteiger partial charge in [0.25, 0.3) is 0 Å². The number of Topliss-reactive ketones (excluding diaryl/α,β-unsaturated/α-hetero) is 1. The van der Waals surface area contributed by atoms with Gasteiger partial charge in [0.05, 0.1) is 19.1 Å². The van der Waals surface area contributed by atoms with Crippen molar-refractivity contribution in [2.75, 3.05) is 7.11 Å². The average Bonchev–Trinajstić information content (AvgIpc) is 2.48. The van der Waals surface area contributed by atoms with Crippen LogP contribution in [0.25, 0.3) is 0 Å². The number of hydrogen-bond acceptors (Lipinski definition) is 4. The number of aliphatic hydroxyl groups is 1. The van der Waals surface area contributed by atoms with Gasteiger partial charge in [0.1, 0.15) is 0 Å². The van der Waals surface area contributed by atoms with Crippen LogP contribution in [0, 0.1) is 16.7 Å². The zero-order valence-corrected chi connectivity index (χ0v) is 16.7. The van der Waals surface area contributed by atoms with E-state index in [0.717, 1.165) is 18.4 Å². The summed E-state index contributed by atoms with van der Waals surface area (Å²) < 4.78 is 4.68.